The number of aromatic nitrogens is 4. The first-order chi connectivity index (χ1) is 26.3. The normalized spacial score (nSPS) is 12.2. The van der Waals surface area contributed by atoms with Gasteiger partial charge >= 0.3 is 0 Å². The molecule has 0 unspecified atom stereocenters. The molecule has 4 heterocycles. The Bertz CT molecular complexity index is 3450. The molecule has 0 fully saturated rings. The van der Waals surface area contributed by atoms with E-state index in [0.29, 0.717) is 5.95 Å². The third-order valence-electron chi connectivity index (χ3n) is 10.9. The molecule has 5 heteroatoms. The van der Waals surface area contributed by atoms with Crippen LogP contribution in [0, 0.1) is 0 Å². The van der Waals surface area contributed by atoms with E-state index in [2.05, 4.69) is 173 Å². The van der Waals surface area contributed by atoms with Crippen LogP contribution in [0.1, 0.15) is 0 Å². The fourth-order valence-corrected chi connectivity index (χ4v) is 8.65. The van der Waals surface area contributed by atoms with Crippen LogP contribution in [0.2, 0.25) is 0 Å². The molecule has 53 heavy (non-hydrogen) atoms. The van der Waals surface area contributed by atoms with E-state index in [0.717, 1.165) is 104 Å². The highest BCUT2D eigenvalue weighted by atomic mass is 16.3. The van der Waals surface area contributed by atoms with Crippen molar-refractivity contribution in [2.45, 2.75) is 0 Å². The summed E-state index contributed by atoms with van der Waals surface area (Å²) < 4.78 is 11.2. The van der Waals surface area contributed by atoms with Crippen LogP contribution in [0.4, 0.5) is 0 Å². The zero-order valence-electron chi connectivity index (χ0n) is 28.4. The highest BCUT2D eigenvalue weighted by molar-refractivity contribution is 6.29. The van der Waals surface area contributed by atoms with E-state index >= 15 is 0 Å². The van der Waals surface area contributed by atoms with E-state index in [1.54, 1.807) is 0 Å². The van der Waals surface area contributed by atoms with Crippen molar-refractivity contribution in [2.24, 2.45) is 0 Å². The average molecular weight is 677 g/mol. The van der Waals surface area contributed by atoms with Crippen molar-refractivity contribution < 1.29 is 4.42 Å². The van der Waals surface area contributed by atoms with Crippen molar-refractivity contribution >= 4 is 87.2 Å². The van der Waals surface area contributed by atoms with Gasteiger partial charge in [0.1, 0.15) is 11.2 Å². The third kappa shape index (κ3) is 3.91. The molecule has 12 aromatic rings. The summed E-state index contributed by atoms with van der Waals surface area (Å²) in [4.78, 5) is 11.0. The maximum Gasteiger partial charge on any atom is 0.235 e. The summed E-state index contributed by atoms with van der Waals surface area (Å²) in [6.45, 7) is 0. The quantitative estimate of drug-likeness (QED) is 0.175. The molecule has 5 nitrogen and oxygen atoms in total. The van der Waals surface area contributed by atoms with Crippen molar-refractivity contribution in [3.05, 3.63) is 170 Å². The summed E-state index contributed by atoms with van der Waals surface area (Å²) in [6, 6.07) is 59.9. The molecule has 0 saturated heterocycles. The van der Waals surface area contributed by atoms with Gasteiger partial charge in [-0.2, -0.15) is 0 Å². The standard InChI is InChI=1S/C48H28N4O/c1-3-14-30(15-4-1)43-38-24-23-29-13-7-8-18-32(29)44(38)50-48(49-43)52-39-21-11-9-19-33(39)34-25-26-36-35-27-28-41-42(37-20-10-12-22-40(37)53-41)45(35)51(46(36)47(34)52)31-16-5-2-6-17-31/h1-28H. The Labute approximate surface area is 302 Å². The highest BCUT2D eigenvalue weighted by Crippen LogP contribution is 2.45. The molecule has 0 bridgehead atoms. The van der Waals surface area contributed by atoms with E-state index in [1.807, 2.05) is 6.07 Å². The number of hydrogen-bond acceptors (Lipinski definition) is 3. The molecule has 0 N–H and O–H groups in total. The van der Waals surface area contributed by atoms with E-state index in [-0.39, 0.29) is 0 Å². The van der Waals surface area contributed by atoms with Crippen LogP contribution < -0.4 is 0 Å². The Balaban J connectivity index is 1.33. The molecule has 0 saturated carbocycles. The minimum absolute atomic E-state index is 0.634. The zero-order chi connectivity index (χ0) is 34.6. The summed E-state index contributed by atoms with van der Waals surface area (Å²) in [5.74, 6) is 0.634. The highest BCUT2D eigenvalue weighted by Gasteiger charge is 2.25. The van der Waals surface area contributed by atoms with Crippen LogP contribution >= 0.6 is 0 Å². The van der Waals surface area contributed by atoms with Crippen molar-refractivity contribution in [3.8, 4) is 22.9 Å². The van der Waals surface area contributed by atoms with Gasteiger partial charge in [0, 0.05) is 49.0 Å². The van der Waals surface area contributed by atoms with Crippen molar-refractivity contribution in [2.75, 3.05) is 0 Å². The molecule has 0 aliphatic carbocycles. The number of fused-ring (bicyclic) bond motifs is 14. The minimum Gasteiger partial charge on any atom is -0.456 e. The second-order valence-electron chi connectivity index (χ2n) is 13.7. The molecule has 0 aliphatic heterocycles. The van der Waals surface area contributed by atoms with Gasteiger partial charge in [0.2, 0.25) is 5.95 Å². The Morgan fingerprint density at radius 1 is 0.396 bits per heavy atom. The summed E-state index contributed by atoms with van der Waals surface area (Å²) >= 11 is 0. The fraction of sp³-hybridized carbons (Fsp3) is 0. The molecule has 4 aromatic heterocycles. The topological polar surface area (TPSA) is 48.8 Å². The first kappa shape index (κ1) is 28.5. The van der Waals surface area contributed by atoms with Crippen LogP contribution in [-0.4, -0.2) is 19.1 Å². The van der Waals surface area contributed by atoms with Crippen LogP contribution in [0.15, 0.2) is 174 Å². The van der Waals surface area contributed by atoms with Gasteiger partial charge in [0.25, 0.3) is 0 Å². The Kier molecular flexibility index (Phi) is 5.71. The summed E-state index contributed by atoms with van der Waals surface area (Å²) in [5.41, 5.74) is 10.0. The van der Waals surface area contributed by atoms with E-state index in [4.69, 9.17) is 14.4 Å². The van der Waals surface area contributed by atoms with Crippen LogP contribution in [0.25, 0.3) is 110 Å². The summed E-state index contributed by atoms with van der Waals surface area (Å²) in [6.07, 6.45) is 0. The lowest BCUT2D eigenvalue weighted by molar-refractivity contribution is 0.669. The van der Waals surface area contributed by atoms with Gasteiger partial charge < -0.3 is 8.98 Å². The van der Waals surface area contributed by atoms with Crippen LogP contribution in [0.3, 0.4) is 0 Å². The van der Waals surface area contributed by atoms with Crippen LogP contribution in [0.5, 0.6) is 0 Å². The van der Waals surface area contributed by atoms with Gasteiger partial charge in [-0.25, -0.2) is 9.97 Å². The summed E-state index contributed by atoms with van der Waals surface area (Å²) in [5, 5.41) is 10.1. The number of nitrogens with zero attached hydrogens (tertiary/aromatic N) is 4. The molecule has 8 aromatic carbocycles. The SMILES string of the molecule is c1ccc(-c2nc(-n3c4ccccc4c4ccc5c6ccc7oc8ccccc8c7c6n(-c6ccccc6)c5c43)nc3c2ccc2ccccc23)cc1. The Morgan fingerprint density at radius 2 is 1.02 bits per heavy atom. The number of benzene rings is 8. The zero-order valence-corrected chi connectivity index (χ0v) is 28.4. The van der Waals surface area contributed by atoms with Gasteiger partial charge in [-0.1, -0.05) is 127 Å². The van der Waals surface area contributed by atoms with Gasteiger partial charge in [0.15, 0.2) is 0 Å². The maximum atomic E-state index is 6.47. The van der Waals surface area contributed by atoms with Crippen LogP contribution in [-0.2, 0) is 0 Å². The monoisotopic (exact) mass is 676 g/mol. The molecule has 0 atom stereocenters. The molecule has 0 aliphatic rings. The van der Waals surface area contributed by atoms with E-state index in [1.165, 1.54) is 0 Å². The second-order valence-corrected chi connectivity index (χ2v) is 13.7. The third-order valence-corrected chi connectivity index (χ3v) is 10.9. The molecular weight excluding hydrogens is 649 g/mol. The smallest absolute Gasteiger partial charge is 0.235 e. The van der Waals surface area contributed by atoms with Gasteiger partial charge in [-0.3, -0.25) is 4.57 Å². The molecule has 0 amide bonds. The second kappa shape index (κ2) is 10.6. The first-order valence-electron chi connectivity index (χ1n) is 17.9. The van der Waals surface area contributed by atoms with Gasteiger partial charge in [0.05, 0.1) is 38.7 Å². The van der Waals surface area contributed by atoms with Crippen molar-refractivity contribution in [3.63, 3.8) is 0 Å². The van der Waals surface area contributed by atoms with Crippen molar-refractivity contribution in [1.82, 2.24) is 19.1 Å². The molecule has 246 valence electrons. The predicted molar refractivity (Wildman–Crippen MR) is 218 cm³/mol. The molecule has 0 radical (unpaired) electrons. The van der Waals surface area contributed by atoms with E-state index < -0.39 is 0 Å². The lowest BCUT2D eigenvalue weighted by Gasteiger charge is -2.14. The Morgan fingerprint density at radius 3 is 1.87 bits per heavy atom. The average Bonchev–Trinajstić information content (AvgIpc) is 3.88. The van der Waals surface area contributed by atoms with E-state index in [9.17, 15) is 0 Å². The van der Waals surface area contributed by atoms with Crippen molar-refractivity contribution in [1.29, 1.82) is 0 Å². The fourth-order valence-electron chi connectivity index (χ4n) is 8.65. The number of hydrogen-bond donors (Lipinski definition) is 0. The first-order valence-corrected chi connectivity index (χ1v) is 17.9. The maximum absolute atomic E-state index is 6.47. The summed E-state index contributed by atoms with van der Waals surface area (Å²) in [7, 11) is 0. The number of furan rings is 1. The molecule has 12 rings (SSSR count). The Hall–Kier alpha value is -7.24. The molecular formula is C48H28N4O. The minimum atomic E-state index is 0.634. The molecule has 0 spiro atoms. The van der Waals surface area contributed by atoms with Gasteiger partial charge in [-0.05, 0) is 47.9 Å². The number of para-hydroxylation sites is 3. The predicted octanol–water partition coefficient (Wildman–Crippen LogP) is 12.5. The van der Waals surface area contributed by atoms with Gasteiger partial charge in [-0.15, -0.1) is 0 Å². The largest absolute Gasteiger partial charge is 0.456 e. The number of rotatable bonds is 3. The lowest BCUT2D eigenvalue weighted by atomic mass is 10.0. The lowest BCUT2D eigenvalue weighted by Crippen LogP contribution is -2.05.